The van der Waals surface area contributed by atoms with Crippen LogP contribution in [0.1, 0.15) is 359 Å². The number of alkyl halides is 24. The highest BCUT2D eigenvalue weighted by Crippen LogP contribution is 2.58. The smallest absolute Gasteiger partial charge is 0.171 e. The Kier molecular flexibility index (Phi) is 53.9. The highest BCUT2D eigenvalue weighted by atomic mass is 19.4. The van der Waals surface area contributed by atoms with E-state index in [-0.39, 0.29) is 40.9 Å². The van der Waals surface area contributed by atoms with Crippen LogP contribution in [0.4, 0.5) is 105 Å². The molecule has 8 atom stereocenters. The van der Waals surface area contributed by atoms with Gasteiger partial charge in [0.2, 0.25) is 0 Å². The van der Waals surface area contributed by atoms with Crippen molar-refractivity contribution in [2.45, 2.75) is 408 Å². The van der Waals surface area contributed by atoms with Gasteiger partial charge in [-0.25, -0.2) is 0 Å². The molecule has 0 radical (unpaired) electrons. The third kappa shape index (κ3) is 49.2. The van der Waals surface area contributed by atoms with Crippen molar-refractivity contribution < 1.29 is 105 Å². The van der Waals surface area contributed by atoms with Crippen LogP contribution < -0.4 is 0 Å². The Hall–Kier alpha value is -1.68. The predicted molar refractivity (Wildman–Crippen MR) is 415 cm³/mol. The molecular formula is C85H166F24. The van der Waals surface area contributed by atoms with E-state index in [1.807, 2.05) is 62.3 Å². The quantitative estimate of drug-likeness (QED) is 0.161. The van der Waals surface area contributed by atoms with Crippen molar-refractivity contribution in [3.8, 4) is 0 Å². The number of hydrogen-bond acceptors (Lipinski definition) is 0. The van der Waals surface area contributed by atoms with Crippen LogP contribution in [-0.2, 0) is 0 Å². The molecule has 0 aliphatic carbocycles. The van der Waals surface area contributed by atoms with Gasteiger partial charge in [-0.2, -0.15) is 105 Å². The molecule has 0 aromatic heterocycles. The monoisotopic (exact) mass is 1640 g/mol. The Balaban J connectivity index is -0.000000125. The standard InChI is InChI=1S/C11H21F3.C10H22.C9H17F3.C9H20.4C8H15F3.2C7H13F3/c1-8(2,3)9(4,5)10(6,7)11(12,13)14;1-8(2)10(6,7)9(3,4)5;1-6(2)8(4,5)7(3)9(10,11)12;1-7(2)8(3)9(4,5)6;2*1-6(2,3)7(4,5)8(9,10)11;2*1-5(2)6(3)7(4)8(9,10)11;1-4-6(2,3)5-7(8,9)10;1-4-5(2)6(3)7(8,9)10/h1-7H3;8H,1-7H3;6-7H,1-5H3;7-8H,1-6H3;2*1-5H3;2*5-7H,1-4H3;4-5H2,1-3H3;5-6H,4H2,1-3H3/t;;;8-;;;2*6-,7?;;5?,6-/m...1..11.1/s1. The van der Waals surface area contributed by atoms with E-state index in [1.165, 1.54) is 69.2 Å². The minimum absolute atomic E-state index is 0.0362. The first-order valence-corrected chi connectivity index (χ1v) is 38.6. The second-order valence-electron chi connectivity index (χ2n) is 41.4. The summed E-state index contributed by atoms with van der Waals surface area (Å²) in [6, 6.07) is 0. The summed E-state index contributed by atoms with van der Waals surface area (Å²) in [5, 5.41) is 0. The Morgan fingerprint density at radius 3 is 0.532 bits per heavy atom. The third-order valence-electron chi connectivity index (χ3n) is 26.5. The summed E-state index contributed by atoms with van der Waals surface area (Å²) in [4.78, 5) is 0. The predicted octanol–water partition coefficient (Wildman–Crippen LogP) is 36.4. The van der Waals surface area contributed by atoms with Gasteiger partial charge in [-0.1, -0.05) is 352 Å². The van der Waals surface area contributed by atoms with Gasteiger partial charge in [-0.15, -0.1) is 0 Å². The van der Waals surface area contributed by atoms with Crippen LogP contribution in [-0.4, -0.2) is 49.4 Å². The fourth-order valence-corrected chi connectivity index (χ4v) is 8.02. The lowest BCUT2D eigenvalue weighted by atomic mass is 9.55. The van der Waals surface area contributed by atoms with Crippen molar-refractivity contribution in [1.29, 1.82) is 0 Å². The van der Waals surface area contributed by atoms with Crippen molar-refractivity contribution >= 4 is 0 Å². The average Bonchev–Trinajstić information content (AvgIpc) is 0.752. The first-order valence-electron chi connectivity index (χ1n) is 38.6. The molecule has 24 heteroatoms. The second-order valence-corrected chi connectivity index (χ2v) is 41.4. The fraction of sp³-hybridized carbons (Fsp3) is 1.00. The molecule has 0 N–H and O–H groups in total. The van der Waals surface area contributed by atoms with Crippen LogP contribution in [0.15, 0.2) is 0 Å². The zero-order chi connectivity index (χ0) is 92.6. The Morgan fingerprint density at radius 2 is 0.486 bits per heavy atom. The second kappa shape index (κ2) is 45.9. The van der Waals surface area contributed by atoms with E-state index in [1.54, 1.807) is 118 Å². The van der Waals surface area contributed by atoms with Crippen molar-refractivity contribution in [2.75, 3.05) is 0 Å². The summed E-state index contributed by atoms with van der Waals surface area (Å²) in [7, 11) is 0. The SMILES string of the molecule is CC(C)(C)C(C)(C)C(C)(C)C(F)(F)F.CC(C)(C)C(C)(C)C(F)(F)F.CC(C)(C)C(C)(C)C(F)(F)F.CC(C)C(C)(C)C(C)(C)C.CC(C)C(C)(C)C(C)C(F)(F)F.CC(C)[C@@H](C)C(C)(C)C.CC(C)[C@@H](C)C(C)C(F)(F)F.CC(C)[C@@H](C)C(C)C(F)(F)F.CCC(C)(C)CC(F)(F)F.CCC(C)[C@@H](C)C(F)(F)F. The molecule has 0 bridgehead atoms. The maximum atomic E-state index is 12.9. The van der Waals surface area contributed by atoms with Gasteiger partial charge in [0.15, 0.2) is 0 Å². The minimum Gasteiger partial charge on any atom is -0.171 e. The number of rotatable bonds is 13. The summed E-state index contributed by atoms with van der Waals surface area (Å²) < 4.78 is 293. The molecule has 0 spiro atoms. The van der Waals surface area contributed by atoms with Crippen LogP contribution in [0.3, 0.4) is 0 Å². The molecule has 0 aliphatic heterocycles. The van der Waals surface area contributed by atoms with Crippen LogP contribution in [0.5, 0.6) is 0 Å². The first kappa shape index (κ1) is 128. The highest BCUT2D eigenvalue weighted by Gasteiger charge is 2.60. The van der Waals surface area contributed by atoms with Crippen LogP contribution in [0.25, 0.3) is 0 Å². The van der Waals surface area contributed by atoms with Gasteiger partial charge in [0.1, 0.15) is 0 Å². The Bertz CT molecular complexity index is 2180. The van der Waals surface area contributed by atoms with Crippen LogP contribution >= 0.6 is 0 Å². The van der Waals surface area contributed by atoms with Crippen LogP contribution in [0, 0.1) is 142 Å². The molecule has 0 heterocycles. The van der Waals surface area contributed by atoms with E-state index in [4.69, 9.17) is 0 Å². The topological polar surface area (TPSA) is 0 Å². The van der Waals surface area contributed by atoms with E-state index >= 15 is 0 Å². The average molecular weight is 1640 g/mol. The van der Waals surface area contributed by atoms with E-state index in [0.29, 0.717) is 29.1 Å². The van der Waals surface area contributed by atoms with Gasteiger partial charge >= 0.3 is 49.4 Å². The molecule has 0 saturated carbocycles. The molecule has 0 nitrogen and oxygen atoms in total. The summed E-state index contributed by atoms with van der Waals surface area (Å²) in [5.74, 6) is -3.06. The lowest BCUT2D eigenvalue weighted by molar-refractivity contribution is -0.263. The molecule has 109 heavy (non-hydrogen) atoms. The Morgan fingerprint density at radius 1 is 0.248 bits per heavy atom. The van der Waals surface area contributed by atoms with Gasteiger partial charge in [-0.05, 0) is 102 Å². The van der Waals surface area contributed by atoms with Gasteiger partial charge in [-0.3, -0.25) is 0 Å². The molecule has 0 rings (SSSR count). The molecule has 0 aromatic carbocycles. The van der Waals surface area contributed by atoms with Crippen molar-refractivity contribution in [1.82, 2.24) is 0 Å². The lowest BCUT2D eigenvalue weighted by Crippen LogP contribution is -2.51. The first-order chi connectivity index (χ1) is 46.1. The third-order valence-corrected chi connectivity index (χ3v) is 26.5. The molecule has 0 saturated heterocycles. The van der Waals surface area contributed by atoms with Crippen LogP contribution in [0.2, 0.25) is 0 Å². The molecule has 4 unspecified atom stereocenters. The molecule has 0 aromatic rings. The van der Waals surface area contributed by atoms with E-state index in [2.05, 4.69) is 90.0 Å². The van der Waals surface area contributed by atoms with Gasteiger partial charge < -0.3 is 0 Å². The molecule has 674 valence electrons. The fourth-order valence-electron chi connectivity index (χ4n) is 8.02. The van der Waals surface area contributed by atoms with Crippen molar-refractivity contribution in [3.63, 3.8) is 0 Å². The Labute approximate surface area is 652 Å². The van der Waals surface area contributed by atoms with Gasteiger partial charge in [0, 0.05) is 6.42 Å². The van der Waals surface area contributed by atoms with E-state index in [0.717, 1.165) is 17.8 Å². The molecule has 0 fully saturated rings. The maximum absolute atomic E-state index is 12.9. The summed E-state index contributed by atoms with van der Waals surface area (Å²) in [6.07, 6.45) is -32.1. The highest BCUT2D eigenvalue weighted by molar-refractivity contribution is 4.98. The maximum Gasteiger partial charge on any atom is 0.394 e. The van der Waals surface area contributed by atoms with E-state index < -0.39 is 123 Å². The zero-order valence-electron chi connectivity index (χ0n) is 77.7. The summed E-state index contributed by atoms with van der Waals surface area (Å²) in [6.45, 7) is 86.9. The largest absolute Gasteiger partial charge is 0.394 e. The lowest BCUT2D eigenvalue weighted by Gasteiger charge is -2.51. The summed E-state index contributed by atoms with van der Waals surface area (Å²) in [5.41, 5.74) is -7.56. The minimum atomic E-state index is -4.16. The van der Waals surface area contributed by atoms with Gasteiger partial charge in [0.25, 0.3) is 0 Å². The van der Waals surface area contributed by atoms with Crippen molar-refractivity contribution in [2.24, 2.45) is 142 Å². The van der Waals surface area contributed by atoms with Gasteiger partial charge in [0.05, 0.1) is 39.9 Å². The molecular weight excluding hydrogens is 1480 g/mol. The molecule has 0 amide bonds. The zero-order valence-corrected chi connectivity index (χ0v) is 77.7. The number of halogens is 24. The normalized spacial score (nSPS) is 16.3. The summed E-state index contributed by atoms with van der Waals surface area (Å²) >= 11 is 0. The molecule has 0 aliphatic rings. The van der Waals surface area contributed by atoms with E-state index in [9.17, 15) is 105 Å². The number of hydrogen-bond donors (Lipinski definition) is 0. The van der Waals surface area contributed by atoms with Crippen molar-refractivity contribution in [3.05, 3.63) is 0 Å².